The number of rotatable bonds is 4. The smallest absolute Gasteiger partial charge is 0.285 e. The third kappa shape index (κ3) is 3.79. The third-order valence-electron chi connectivity index (χ3n) is 1.52. The van der Waals surface area contributed by atoms with Gasteiger partial charge < -0.3 is 4.84 Å². The van der Waals surface area contributed by atoms with Crippen LogP contribution in [-0.2, 0) is 16.2 Å². The molecule has 0 aliphatic rings. The van der Waals surface area contributed by atoms with E-state index in [1.165, 1.54) is 6.07 Å². The second-order valence-corrected chi connectivity index (χ2v) is 2.93. The minimum Gasteiger partial charge on any atom is -0.390 e. The minimum atomic E-state index is -0.925. The normalized spacial score (nSPS) is 10.5. The summed E-state index contributed by atoms with van der Waals surface area (Å²) in [5.74, 6) is 0. The van der Waals surface area contributed by atoms with Gasteiger partial charge in [0.2, 0.25) is 5.71 Å². The minimum absolute atomic E-state index is 0.191. The first kappa shape index (κ1) is 11.2. The van der Waals surface area contributed by atoms with E-state index < -0.39 is 11.0 Å². The summed E-state index contributed by atoms with van der Waals surface area (Å²) in [7, 11) is 0. The van der Waals surface area contributed by atoms with Crippen molar-refractivity contribution in [1.29, 1.82) is 5.26 Å². The number of oxime groups is 1. The molecule has 1 rings (SSSR count). The van der Waals surface area contributed by atoms with E-state index in [4.69, 9.17) is 21.7 Å². The molecule has 15 heavy (non-hydrogen) atoms. The molecule has 0 N–H and O–H groups in total. The molecule has 0 radical (unpaired) electrons. The topological polar surface area (TPSA) is 62.4 Å². The molecule has 0 atom stereocenters. The van der Waals surface area contributed by atoms with Gasteiger partial charge in [0.1, 0.15) is 12.7 Å². The first-order chi connectivity index (χ1) is 7.24. The van der Waals surface area contributed by atoms with Crippen molar-refractivity contribution in [3.63, 3.8) is 0 Å². The van der Waals surface area contributed by atoms with Crippen molar-refractivity contribution in [3.8, 4) is 6.07 Å². The van der Waals surface area contributed by atoms with E-state index in [1.807, 2.05) is 30.3 Å². The lowest BCUT2D eigenvalue weighted by Gasteiger charge is -1.98. The van der Waals surface area contributed by atoms with Gasteiger partial charge in [-0.05, 0) is 17.2 Å². The maximum atomic E-state index is 10.5. The van der Waals surface area contributed by atoms with Crippen LogP contribution in [0.25, 0.3) is 0 Å². The van der Waals surface area contributed by atoms with Gasteiger partial charge in [-0.3, -0.25) is 4.79 Å². The second kappa shape index (κ2) is 5.78. The van der Waals surface area contributed by atoms with Crippen molar-refractivity contribution in [2.24, 2.45) is 5.16 Å². The molecule has 0 aliphatic carbocycles. The Morgan fingerprint density at radius 2 is 2.13 bits per heavy atom. The molecule has 76 valence electrons. The second-order valence-electron chi connectivity index (χ2n) is 2.58. The van der Waals surface area contributed by atoms with E-state index in [-0.39, 0.29) is 6.61 Å². The number of nitriles is 1. The van der Waals surface area contributed by atoms with Crippen LogP contribution in [0.2, 0.25) is 0 Å². The molecule has 0 amide bonds. The van der Waals surface area contributed by atoms with Crippen molar-refractivity contribution < 1.29 is 9.63 Å². The summed E-state index contributed by atoms with van der Waals surface area (Å²) in [6.07, 6.45) is 0. The molecule has 0 aromatic heterocycles. The first-order valence-electron chi connectivity index (χ1n) is 4.08. The van der Waals surface area contributed by atoms with Crippen LogP contribution in [0.1, 0.15) is 5.56 Å². The summed E-state index contributed by atoms with van der Waals surface area (Å²) < 4.78 is 0. The van der Waals surface area contributed by atoms with Crippen LogP contribution >= 0.6 is 11.6 Å². The van der Waals surface area contributed by atoms with Crippen molar-refractivity contribution in [3.05, 3.63) is 35.9 Å². The molecule has 0 fully saturated rings. The highest BCUT2D eigenvalue weighted by Gasteiger charge is 2.06. The maximum absolute atomic E-state index is 10.5. The van der Waals surface area contributed by atoms with Crippen molar-refractivity contribution in [1.82, 2.24) is 0 Å². The molecule has 0 spiro atoms. The lowest BCUT2D eigenvalue weighted by molar-refractivity contribution is -0.106. The standard InChI is InChI=1S/C10H7ClN2O2/c11-10(14)9(6-12)13-15-7-8-4-2-1-3-5-8/h1-5H,7H2/b13-9+. The summed E-state index contributed by atoms with van der Waals surface area (Å²) >= 11 is 5.05. The average Bonchev–Trinajstić information content (AvgIpc) is 2.25. The van der Waals surface area contributed by atoms with Crippen LogP contribution < -0.4 is 0 Å². The van der Waals surface area contributed by atoms with Crippen LogP contribution in [0.3, 0.4) is 0 Å². The van der Waals surface area contributed by atoms with E-state index in [1.54, 1.807) is 0 Å². The molecule has 5 heteroatoms. The van der Waals surface area contributed by atoms with Gasteiger partial charge in [0, 0.05) is 0 Å². The van der Waals surface area contributed by atoms with Gasteiger partial charge in [0.15, 0.2) is 0 Å². The molecule has 0 saturated carbocycles. The van der Waals surface area contributed by atoms with Crippen molar-refractivity contribution in [2.75, 3.05) is 0 Å². The Morgan fingerprint density at radius 3 is 2.67 bits per heavy atom. The van der Waals surface area contributed by atoms with E-state index in [9.17, 15) is 4.79 Å². The lowest BCUT2D eigenvalue weighted by atomic mass is 10.2. The van der Waals surface area contributed by atoms with Crippen molar-refractivity contribution >= 4 is 22.6 Å². The van der Waals surface area contributed by atoms with Gasteiger partial charge in [-0.15, -0.1) is 0 Å². The Hall–Kier alpha value is -1.86. The van der Waals surface area contributed by atoms with Gasteiger partial charge >= 0.3 is 0 Å². The van der Waals surface area contributed by atoms with Gasteiger partial charge in [0.25, 0.3) is 5.24 Å². The Labute approximate surface area is 91.7 Å². The molecule has 4 nitrogen and oxygen atoms in total. The van der Waals surface area contributed by atoms with E-state index in [0.29, 0.717) is 0 Å². The third-order valence-corrected chi connectivity index (χ3v) is 1.70. The Morgan fingerprint density at radius 1 is 1.47 bits per heavy atom. The molecule has 0 aliphatic heterocycles. The molecular formula is C10H7ClN2O2. The molecule has 0 bridgehead atoms. The van der Waals surface area contributed by atoms with Crippen LogP contribution in [0.4, 0.5) is 0 Å². The monoisotopic (exact) mass is 222 g/mol. The molecular weight excluding hydrogens is 216 g/mol. The zero-order valence-electron chi connectivity index (χ0n) is 7.68. The lowest BCUT2D eigenvalue weighted by Crippen LogP contribution is -2.04. The fourth-order valence-corrected chi connectivity index (χ4v) is 0.923. The molecule has 1 aromatic carbocycles. The summed E-state index contributed by atoms with van der Waals surface area (Å²) in [4.78, 5) is 15.3. The predicted octanol–water partition coefficient (Wildman–Crippen LogP) is 1.85. The largest absolute Gasteiger partial charge is 0.390 e. The zero-order valence-corrected chi connectivity index (χ0v) is 8.44. The first-order valence-corrected chi connectivity index (χ1v) is 4.45. The number of carbonyl (C=O) groups excluding carboxylic acids is 1. The number of halogens is 1. The van der Waals surface area contributed by atoms with E-state index >= 15 is 0 Å². The summed E-state index contributed by atoms with van der Waals surface area (Å²) in [5, 5.41) is 10.8. The molecule has 1 aromatic rings. The summed E-state index contributed by atoms with van der Waals surface area (Å²) in [5.41, 5.74) is 0.438. The number of hydrogen-bond acceptors (Lipinski definition) is 4. The Balaban J connectivity index is 2.52. The number of hydrogen-bond donors (Lipinski definition) is 0. The van der Waals surface area contributed by atoms with Gasteiger partial charge in [-0.2, -0.15) is 5.26 Å². The Kier molecular flexibility index (Phi) is 4.32. The number of nitrogens with zero attached hydrogens (tertiary/aromatic N) is 2. The highest BCUT2D eigenvalue weighted by atomic mass is 35.5. The quantitative estimate of drug-likeness (QED) is 0.444. The van der Waals surface area contributed by atoms with Gasteiger partial charge in [-0.25, -0.2) is 0 Å². The van der Waals surface area contributed by atoms with E-state index in [0.717, 1.165) is 5.56 Å². The van der Waals surface area contributed by atoms with Gasteiger partial charge in [-0.1, -0.05) is 35.5 Å². The van der Waals surface area contributed by atoms with Crippen LogP contribution in [-0.4, -0.2) is 11.0 Å². The SMILES string of the molecule is N#C/C(=N\OCc1ccccc1)C(=O)Cl. The predicted molar refractivity (Wildman–Crippen MR) is 55.1 cm³/mol. The molecule has 0 unspecified atom stereocenters. The van der Waals surface area contributed by atoms with Gasteiger partial charge in [0.05, 0.1) is 0 Å². The van der Waals surface area contributed by atoms with Crippen LogP contribution in [0, 0.1) is 11.3 Å². The fourth-order valence-electron chi connectivity index (χ4n) is 0.846. The van der Waals surface area contributed by atoms with Crippen LogP contribution in [0.5, 0.6) is 0 Å². The van der Waals surface area contributed by atoms with Crippen LogP contribution in [0.15, 0.2) is 35.5 Å². The average molecular weight is 223 g/mol. The van der Waals surface area contributed by atoms with E-state index in [2.05, 4.69) is 5.16 Å². The van der Waals surface area contributed by atoms with Crippen molar-refractivity contribution in [2.45, 2.75) is 6.61 Å². The molecule has 0 saturated heterocycles. The fraction of sp³-hybridized carbons (Fsp3) is 0.100. The highest BCUT2D eigenvalue weighted by molar-refractivity contribution is 6.84. The number of benzene rings is 1. The maximum Gasteiger partial charge on any atom is 0.285 e. The molecule has 0 heterocycles. The summed E-state index contributed by atoms with van der Waals surface area (Å²) in [6, 6.07) is 10.8. The highest BCUT2D eigenvalue weighted by Crippen LogP contribution is 2.01. The summed E-state index contributed by atoms with van der Waals surface area (Å²) in [6.45, 7) is 0.191. The Bertz CT molecular complexity index is 409. The number of carbonyl (C=O) groups is 1. The zero-order chi connectivity index (χ0) is 11.1.